The highest BCUT2D eigenvalue weighted by Gasteiger charge is 2.19. The molecule has 1 unspecified atom stereocenters. The number of aryl methyl sites for hydroxylation is 1. The Labute approximate surface area is 131 Å². The molecular formula is C16H14BrN3O. The smallest absolute Gasteiger partial charge is 0.124 e. The molecule has 0 saturated carbocycles. The minimum Gasteiger partial charge on any atom is -0.382 e. The van der Waals surface area contributed by atoms with Crippen LogP contribution in [0.2, 0.25) is 0 Å². The Bertz CT molecular complexity index is 755. The van der Waals surface area contributed by atoms with E-state index in [-0.39, 0.29) is 0 Å². The number of aliphatic hydroxyl groups excluding tert-OH is 1. The third-order valence-corrected chi connectivity index (χ3v) is 4.02. The minimum atomic E-state index is -0.797. The van der Waals surface area contributed by atoms with Gasteiger partial charge in [-0.1, -0.05) is 57.0 Å². The van der Waals surface area contributed by atoms with Crippen LogP contribution in [0.25, 0.3) is 5.69 Å². The van der Waals surface area contributed by atoms with E-state index in [0.717, 1.165) is 21.3 Å². The van der Waals surface area contributed by atoms with Gasteiger partial charge in [0, 0.05) is 10.0 Å². The molecule has 3 rings (SSSR count). The van der Waals surface area contributed by atoms with Crippen molar-refractivity contribution in [2.45, 2.75) is 13.0 Å². The third kappa shape index (κ3) is 2.75. The van der Waals surface area contributed by atoms with Crippen LogP contribution >= 0.6 is 15.9 Å². The van der Waals surface area contributed by atoms with Gasteiger partial charge in [0.15, 0.2) is 0 Å². The van der Waals surface area contributed by atoms with E-state index in [1.54, 1.807) is 10.9 Å². The number of halogens is 1. The number of hydrogen-bond donors (Lipinski definition) is 1. The zero-order valence-corrected chi connectivity index (χ0v) is 13.0. The van der Waals surface area contributed by atoms with E-state index < -0.39 is 6.10 Å². The Hall–Kier alpha value is -1.98. The van der Waals surface area contributed by atoms with Gasteiger partial charge >= 0.3 is 0 Å². The summed E-state index contributed by atoms with van der Waals surface area (Å²) in [4.78, 5) is 0. The minimum absolute atomic E-state index is 0.632. The Morgan fingerprint density at radius 1 is 1.14 bits per heavy atom. The van der Waals surface area contributed by atoms with Gasteiger partial charge in [-0.2, -0.15) is 0 Å². The second-order valence-corrected chi connectivity index (χ2v) is 5.69. The lowest BCUT2D eigenvalue weighted by Gasteiger charge is -2.15. The average Bonchev–Trinajstić information content (AvgIpc) is 2.99. The maximum absolute atomic E-state index is 10.7. The van der Waals surface area contributed by atoms with Gasteiger partial charge in [0.1, 0.15) is 6.10 Å². The summed E-state index contributed by atoms with van der Waals surface area (Å²) in [6.45, 7) is 2.00. The Morgan fingerprint density at radius 2 is 1.90 bits per heavy atom. The molecule has 0 bridgehead atoms. The summed E-state index contributed by atoms with van der Waals surface area (Å²) in [5, 5.41) is 18.7. The Morgan fingerprint density at radius 3 is 2.67 bits per heavy atom. The summed E-state index contributed by atoms with van der Waals surface area (Å²) >= 11 is 3.49. The number of para-hydroxylation sites is 1. The van der Waals surface area contributed by atoms with E-state index in [2.05, 4.69) is 26.2 Å². The summed E-state index contributed by atoms with van der Waals surface area (Å²) in [7, 11) is 0. The van der Waals surface area contributed by atoms with Gasteiger partial charge < -0.3 is 5.11 Å². The lowest BCUT2D eigenvalue weighted by Crippen LogP contribution is -2.09. The van der Waals surface area contributed by atoms with Gasteiger partial charge in [-0.05, 0) is 25.1 Å². The van der Waals surface area contributed by atoms with Crippen LogP contribution in [-0.4, -0.2) is 20.1 Å². The molecule has 2 aromatic carbocycles. The van der Waals surface area contributed by atoms with Crippen molar-refractivity contribution in [3.8, 4) is 5.69 Å². The van der Waals surface area contributed by atoms with E-state index in [1.807, 2.05) is 55.5 Å². The van der Waals surface area contributed by atoms with Crippen molar-refractivity contribution < 1.29 is 5.11 Å². The Kier molecular flexibility index (Phi) is 3.86. The molecule has 0 radical (unpaired) electrons. The molecule has 5 heteroatoms. The van der Waals surface area contributed by atoms with Crippen molar-refractivity contribution in [1.29, 1.82) is 0 Å². The SMILES string of the molecule is Cc1ccc(Br)c(C(O)c2cnnn2-c2ccccc2)c1. The van der Waals surface area contributed by atoms with Gasteiger partial charge in [0.05, 0.1) is 17.6 Å². The molecule has 0 fully saturated rings. The molecule has 21 heavy (non-hydrogen) atoms. The average molecular weight is 344 g/mol. The molecule has 0 amide bonds. The van der Waals surface area contributed by atoms with Crippen LogP contribution in [0, 0.1) is 6.92 Å². The highest BCUT2D eigenvalue weighted by Crippen LogP contribution is 2.29. The number of nitrogens with zero attached hydrogens (tertiary/aromatic N) is 3. The van der Waals surface area contributed by atoms with Crippen molar-refractivity contribution in [1.82, 2.24) is 15.0 Å². The van der Waals surface area contributed by atoms with Crippen LogP contribution in [0.1, 0.15) is 22.9 Å². The number of aromatic nitrogens is 3. The summed E-state index contributed by atoms with van der Waals surface area (Å²) in [6.07, 6.45) is 0.793. The predicted octanol–water partition coefficient (Wildman–Crippen LogP) is 3.42. The predicted molar refractivity (Wildman–Crippen MR) is 84.3 cm³/mol. The molecule has 0 spiro atoms. The van der Waals surface area contributed by atoms with Crippen molar-refractivity contribution in [2.24, 2.45) is 0 Å². The van der Waals surface area contributed by atoms with Gasteiger partial charge in [-0.15, -0.1) is 5.10 Å². The molecular weight excluding hydrogens is 330 g/mol. The standard InChI is InChI=1S/C16H14BrN3O/c1-11-7-8-14(17)13(9-11)16(21)15-10-18-19-20(15)12-5-3-2-4-6-12/h2-10,16,21H,1H3. The van der Waals surface area contributed by atoms with E-state index in [9.17, 15) is 5.11 Å². The topological polar surface area (TPSA) is 50.9 Å². The Balaban J connectivity index is 2.06. The fourth-order valence-electron chi connectivity index (χ4n) is 2.23. The van der Waals surface area contributed by atoms with Crippen molar-refractivity contribution in [3.05, 3.63) is 76.0 Å². The van der Waals surface area contributed by atoms with Crippen molar-refractivity contribution in [3.63, 3.8) is 0 Å². The number of hydrogen-bond acceptors (Lipinski definition) is 3. The molecule has 1 atom stereocenters. The summed E-state index contributed by atoms with van der Waals surface area (Å²) in [5.74, 6) is 0. The first kappa shape index (κ1) is 14.0. The molecule has 0 aliphatic carbocycles. The number of benzene rings is 2. The van der Waals surface area contributed by atoms with E-state index in [0.29, 0.717) is 5.69 Å². The first-order chi connectivity index (χ1) is 10.2. The third-order valence-electron chi connectivity index (χ3n) is 3.30. The molecule has 0 saturated heterocycles. The van der Waals surface area contributed by atoms with Crippen LogP contribution in [0.15, 0.2) is 59.2 Å². The van der Waals surface area contributed by atoms with Gasteiger partial charge in [0.2, 0.25) is 0 Å². The molecule has 1 aromatic heterocycles. The summed E-state index contributed by atoms with van der Waals surface area (Å²) in [5.41, 5.74) is 3.39. The molecule has 0 aliphatic heterocycles. The van der Waals surface area contributed by atoms with Crippen molar-refractivity contribution in [2.75, 3.05) is 0 Å². The maximum atomic E-state index is 10.7. The van der Waals surface area contributed by atoms with E-state index in [4.69, 9.17) is 0 Å². The zero-order chi connectivity index (χ0) is 14.8. The highest BCUT2D eigenvalue weighted by molar-refractivity contribution is 9.10. The van der Waals surface area contributed by atoms with Gasteiger partial charge in [-0.3, -0.25) is 0 Å². The van der Waals surface area contributed by atoms with Crippen LogP contribution in [0.3, 0.4) is 0 Å². The van der Waals surface area contributed by atoms with Crippen LogP contribution in [0.4, 0.5) is 0 Å². The molecule has 1 heterocycles. The summed E-state index contributed by atoms with van der Waals surface area (Å²) < 4.78 is 2.51. The zero-order valence-electron chi connectivity index (χ0n) is 11.4. The molecule has 1 N–H and O–H groups in total. The quantitative estimate of drug-likeness (QED) is 0.792. The maximum Gasteiger partial charge on any atom is 0.124 e. The van der Waals surface area contributed by atoms with Crippen LogP contribution in [0.5, 0.6) is 0 Å². The molecule has 4 nitrogen and oxygen atoms in total. The van der Waals surface area contributed by atoms with Crippen molar-refractivity contribution >= 4 is 15.9 Å². The van der Waals surface area contributed by atoms with Gasteiger partial charge in [0.25, 0.3) is 0 Å². The fourth-order valence-corrected chi connectivity index (χ4v) is 2.69. The lowest BCUT2D eigenvalue weighted by molar-refractivity contribution is 0.211. The van der Waals surface area contributed by atoms with Crippen LogP contribution < -0.4 is 0 Å². The van der Waals surface area contributed by atoms with Crippen LogP contribution in [-0.2, 0) is 0 Å². The lowest BCUT2D eigenvalue weighted by atomic mass is 10.0. The number of aliphatic hydroxyl groups is 1. The first-order valence-corrected chi connectivity index (χ1v) is 7.36. The largest absolute Gasteiger partial charge is 0.382 e. The highest BCUT2D eigenvalue weighted by atomic mass is 79.9. The normalized spacial score (nSPS) is 12.3. The van der Waals surface area contributed by atoms with Gasteiger partial charge in [-0.25, -0.2) is 4.68 Å². The fraction of sp³-hybridized carbons (Fsp3) is 0.125. The molecule has 106 valence electrons. The summed E-state index contributed by atoms with van der Waals surface area (Å²) in [6, 6.07) is 15.5. The monoisotopic (exact) mass is 343 g/mol. The van der Waals surface area contributed by atoms with E-state index >= 15 is 0 Å². The first-order valence-electron chi connectivity index (χ1n) is 6.57. The second-order valence-electron chi connectivity index (χ2n) is 4.83. The number of rotatable bonds is 3. The van der Waals surface area contributed by atoms with E-state index in [1.165, 1.54) is 0 Å². The molecule has 0 aliphatic rings. The second kappa shape index (κ2) is 5.79. The molecule has 3 aromatic rings.